The van der Waals surface area contributed by atoms with E-state index < -0.39 is 11.6 Å². The summed E-state index contributed by atoms with van der Waals surface area (Å²) in [4.78, 5) is 13.7. The summed E-state index contributed by atoms with van der Waals surface area (Å²) in [7, 11) is 0. The first-order valence-corrected chi connectivity index (χ1v) is 18.6. The molecule has 5 aromatic rings. The summed E-state index contributed by atoms with van der Waals surface area (Å²) in [6.07, 6.45) is 4.10. The van der Waals surface area contributed by atoms with Crippen LogP contribution < -0.4 is 84.7 Å². The van der Waals surface area contributed by atoms with Crippen LogP contribution in [0.25, 0.3) is 12.2 Å². The largest absolute Gasteiger partial charge is 1.00 e. The Balaban J connectivity index is 0.00000234. The second-order valence-corrected chi connectivity index (χ2v) is 15.5. The first-order valence-electron chi connectivity index (χ1n) is 13.9. The molecule has 2 N–H and O–H groups in total. The van der Waals surface area contributed by atoms with Gasteiger partial charge in [-0.25, -0.2) is 4.79 Å². The van der Waals surface area contributed by atoms with E-state index in [0.29, 0.717) is 47.3 Å². The van der Waals surface area contributed by atoms with Crippen molar-refractivity contribution in [3.05, 3.63) is 133 Å². The van der Waals surface area contributed by atoms with Crippen molar-refractivity contribution in [1.29, 1.82) is 0 Å². The van der Waals surface area contributed by atoms with Crippen LogP contribution in [0, 0.1) is 14.3 Å². The van der Waals surface area contributed by atoms with E-state index in [9.17, 15) is 15.0 Å². The van der Waals surface area contributed by atoms with Crippen molar-refractivity contribution in [2.24, 2.45) is 0 Å². The molecule has 0 bridgehead atoms. The molecule has 2 aliphatic rings. The third-order valence-electron chi connectivity index (χ3n) is 7.78. The minimum Gasteiger partial charge on any atom is -0.871 e. The number of carbonyl (C=O) groups is 1. The summed E-state index contributed by atoms with van der Waals surface area (Å²) in [5, 5.41) is 32.6. The molecule has 0 saturated heterocycles. The van der Waals surface area contributed by atoms with E-state index in [-0.39, 0.29) is 82.1 Å². The molecule has 0 unspecified atom stereocenters. The summed E-state index contributed by atoms with van der Waals surface area (Å²) in [5.74, 6) is -0.397. The quantitative estimate of drug-likeness (QED) is 0.0933. The maximum atomic E-state index is 13.7. The number of esters is 1. The molecule has 1 spiro atoms. The fraction of sp³-hybridized carbons (Fsp3) is 0.0286. The smallest absolute Gasteiger partial charge is 0.871 e. The number of hydrogen-bond donors (Lipinski definition) is 2. The van der Waals surface area contributed by atoms with Crippen LogP contribution in [0.3, 0.4) is 0 Å². The normalized spacial score (nSPS) is 13.3. The zero-order chi connectivity index (χ0) is 33.0. The van der Waals surface area contributed by atoms with Gasteiger partial charge in [-0.05, 0) is 150 Å². The zero-order valence-electron chi connectivity index (χ0n) is 25.7. The number of fused-ring (bicyclic) bond motifs is 6. The predicted octanol–water partition coefficient (Wildman–Crippen LogP) is 2.81. The minimum atomic E-state index is -1.43. The predicted molar refractivity (Wildman–Crippen MR) is 216 cm³/mol. The molecule has 49 heavy (non-hydrogen) atoms. The van der Waals surface area contributed by atoms with Crippen LogP contribution in [-0.4, -0.2) is 11.1 Å². The Morgan fingerprint density at radius 1 is 0.694 bits per heavy atom. The van der Waals surface area contributed by atoms with Crippen molar-refractivity contribution in [2.75, 3.05) is 10.6 Å². The molecular weight excluding hydrogens is 1110 g/mol. The van der Waals surface area contributed by atoms with Gasteiger partial charge in [0.15, 0.2) is 10.7 Å². The second-order valence-electron chi connectivity index (χ2n) is 10.6. The van der Waals surface area contributed by atoms with E-state index in [1.807, 2.05) is 163 Å². The number of halogens is 4. The second kappa shape index (κ2) is 16.1. The van der Waals surface area contributed by atoms with Crippen LogP contribution in [0.15, 0.2) is 84.9 Å². The number of hydrogen-bond acceptors (Lipinski definition) is 6. The molecule has 0 aromatic heterocycles. The van der Waals surface area contributed by atoms with Crippen LogP contribution in [0.5, 0.6) is 23.0 Å². The molecule has 0 amide bonds. The minimum absolute atomic E-state index is 0. The van der Waals surface area contributed by atoms with E-state index in [1.165, 1.54) is 0 Å². The van der Waals surface area contributed by atoms with Crippen molar-refractivity contribution < 1.29 is 83.6 Å². The average Bonchev–Trinajstić information content (AvgIpc) is 3.35. The van der Waals surface area contributed by atoms with Gasteiger partial charge in [-0.15, -0.1) is 0 Å². The molecule has 0 saturated carbocycles. The van der Waals surface area contributed by atoms with Gasteiger partial charge in [-0.3, -0.25) is 0 Å². The van der Waals surface area contributed by atoms with E-state index in [1.54, 1.807) is 18.2 Å². The van der Waals surface area contributed by atoms with Gasteiger partial charge in [0, 0.05) is 42.3 Å². The maximum absolute atomic E-state index is 13.7. The molecule has 2 heterocycles. The molecule has 0 aliphatic carbocycles. The number of benzene rings is 5. The van der Waals surface area contributed by atoms with Crippen LogP contribution in [0.1, 0.15) is 38.2 Å². The van der Waals surface area contributed by atoms with Crippen molar-refractivity contribution in [3.8, 4) is 23.0 Å². The fourth-order valence-electron chi connectivity index (χ4n) is 5.61. The molecule has 0 fully saturated rings. The van der Waals surface area contributed by atoms with Gasteiger partial charge >= 0.3 is 65.1 Å². The molecule has 5 aromatic carbocycles. The summed E-state index contributed by atoms with van der Waals surface area (Å²) in [6, 6.07) is 26.7. The number of carbonyl (C=O) groups excluding carboxylic acids is 1. The van der Waals surface area contributed by atoms with Gasteiger partial charge in [0.05, 0.1) is 5.56 Å². The van der Waals surface area contributed by atoms with Crippen molar-refractivity contribution in [2.45, 2.75) is 5.60 Å². The molecule has 7 nitrogen and oxygen atoms in total. The first-order chi connectivity index (χ1) is 22.6. The zero-order valence-corrected chi connectivity index (χ0v) is 39.1. The Hall–Kier alpha value is -0.680. The standard InChI is InChI=1S/C35H20I4N2O5S.2Na/c36-25-15-23-31(27(38)29(25)42)45-32-24(16-26(37)30(43)28(32)39)35(23)22-13-12-20(14-21(22)33(44)46-35)41-34(47)40-19-10-8-18(9-11-19)7-6-17-4-2-1-3-5-17;;/h1-16,42-43H,(H2,40,41,47);;/q;2*+1/p-2/b7-6+;;. The van der Waals surface area contributed by atoms with Gasteiger partial charge in [0.1, 0.15) is 11.5 Å². The fourth-order valence-corrected chi connectivity index (χ4v) is 9.42. The van der Waals surface area contributed by atoms with Gasteiger partial charge in [-0.2, -0.15) is 0 Å². The molecular formula is C35H18I4N2Na2O5S. The van der Waals surface area contributed by atoms with Crippen molar-refractivity contribution in [1.82, 2.24) is 0 Å². The van der Waals surface area contributed by atoms with Gasteiger partial charge in [0.2, 0.25) is 0 Å². The number of nitrogens with one attached hydrogen (secondary N) is 2. The molecule has 14 heteroatoms. The van der Waals surface area contributed by atoms with Crippen molar-refractivity contribution >= 4 is 137 Å². The van der Waals surface area contributed by atoms with Crippen LogP contribution in [0.4, 0.5) is 11.4 Å². The molecule has 7 rings (SSSR count). The summed E-state index contributed by atoms with van der Waals surface area (Å²) in [6.45, 7) is 0. The van der Waals surface area contributed by atoms with E-state index >= 15 is 0 Å². The summed E-state index contributed by atoms with van der Waals surface area (Å²) in [5.41, 5.74) is 4.09. The Labute approximate surface area is 386 Å². The number of anilines is 2. The molecule has 234 valence electrons. The van der Waals surface area contributed by atoms with Gasteiger partial charge in [-0.1, -0.05) is 72.2 Å². The van der Waals surface area contributed by atoms with Crippen LogP contribution in [-0.2, 0) is 10.3 Å². The maximum Gasteiger partial charge on any atom is 1.00 e. The topological polar surface area (TPSA) is 106 Å². The Bertz CT molecular complexity index is 2110. The summed E-state index contributed by atoms with van der Waals surface area (Å²) >= 11 is 13.5. The van der Waals surface area contributed by atoms with Gasteiger partial charge < -0.3 is 30.3 Å². The Morgan fingerprint density at radius 2 is 1.20 bits per heavy atom. The number of rotatable bonds is 4. The number of ether oxygens (including phenoxy) is 2. The third-order valence-corrected chi connectivity index (χ3v) is 11.6. The summed E-state index contributed by atoms with van der Waals surface area (Å²) < 4.78 is 14.2. The van der Waals surface area contributed by atoms with E-state index in [2.05, 4.69) is 16.7 Å². The molecule has 0 radical (unpaired) electrons. The third kappa shape index (κ3) is 7.44. The van der Waals surface area contributed by atoms with Crippen LogP contribution in [0.2, 0.25) is 0 Å². The first kappa shape index (κ1) is 39.5. The van der Waals surface area contributed by atoms with Gasteiger partial charge in [0.25, 0.3) is 0 Å². The van der Waals surface area contributed by atoms with E-state index in [4.69, 9.17) is 21.7 Å². The van der Waals surface area contributed by atoms with Crippen LogP contribution >= 0.6 is 103 Å². The Kier molecular flexibility index (Phi) is 13.0. The monoisotopic (exact) mass is 1130 g/mol. The SMILES string of the molecule is O=C1OC2(c3ccc(NC(=S)Nc4ccc(/C=C/c5ccccc5)cc4)cc31)c1cc(I)c([O-])c(I)c1Oc1c2cc(I)c([O-])c1I.[Na+].[Na+]. The average molecular weight is 1130 g/mol. The number of thiocarbonyl (C=S) groups is 1. The van der Waals surface area contributed by atoms with Crippen molar-refractivity contribution in [3.63, 3.8) is 0 Å². The molecule has 0 atom stereocenters. The van der Waals surface area contributed by atoms with E-state index in [0.717, 1.165) is 16.8 Å². The molecule has 2 aliphatic heterocycles. The Morgan fingerprint density at radius 3 is 1.78 bits per heavy atom.